The molecule has 2 aliphatic carbocycles. The van der Waals surface area contributed by atoms with E-state index in [9.17, 15) is 4.79 Å². The fraction of sp³-hybridized carbons (Fsp3) is 0.750. The van der Waals surface area contributed by atoms with E-state index < -0.39 is 0 Å². The number of carbonyl (C=O) groups excluding carboxylic acids is 1. The van der Waals surface area contributed by atoms with Crippen LogP contribution in [0.5, 0.6) is 0 Å². The Kier molecular flexibility index (Phi) is 2.62. The predicted octanol–water partition coefficient (Wildman–Crippen LogP) is 2.26. The minimum absolute atomic E-state index is 0.0308. The number of hydrogen-bond acceptors (Lipinski definition) is 1. The zero-order valence-electron chi connectivity index (χ0n) is 8.72. The third kappa shape index (κ3) is 2.17. The lowest BCUT2D eigenvalue weighted by molar-refractivity contribution is -0.116. The van der Waals surface area contributed by atoms with Crippen molar-refractivity contribution < 1.29 is 4.79 Å². The summed E-state index contributed by atoms with van der Waals surface area (Å²) in [5, 5.41) is 2.89. The summed E-state index contributed by atoms with van der Waals surface area (Å²) < 4.78 is 0. The molecule has 2 saturated carbocycles. The van der Waals surface area contributed by atoms with Crippen LogP contribution in [0.3, 0.4) is 0 Å². The average Bonchev–Trinajstić information content (AvgIpc) is 2.97. The van der Waals surface area contributed by atoms with Crippen LogP contribution in [0.2, 0.25) is 0 Å². The Labute approximate surface area is 85.8 Å². The minimum Gasteiger partial charge on any atom is -0.352 e. The highest BCUT2D eigenvalue weighted by atomic mass is 16.1. The Morgan fingerprint density at radius 3 is 2.50 bits per heavy atom. The van der Waals surface area contributed by atoms with Gasteiger partial charge in [0, 0.05) is 6.54 Å². The van der Waals surface area contributed by atoms with E-state index in [0.717, 1.165) is 12.0 Å². The maximum Gasteiger partial charge on any atom is 0.243 e. The van der Waals surface area contributed by atoms with Crippen molar-refractivity contribution in [1.82, 2.24) is 5.32 Å². The summed E-state index contributed by atoms with van der Waals surface area (Å²) in [6, 6.07) is 0. The molecule has 0 aromatic heterocycles. The van der Waals surface area contributed by atoms with Crippen LogP contribution in [-0.2, 0) is 4.79 Å². The number of nitrogens with one attached hydrogen (secondary N) is 1. The van der Waals surface area contributed by atoms with E-state index in [1.807, 2.05) is 0 Å². The molecule has 0 heterocycles. The van der Waals surface area contributed by atoms with Gasteiger partial charge in [-0.25, -0.2) is 0 Å². The molecule has 2 nitrogen and oxygen atoms in total. The zero-order valence-corrected chi connectivity index (χ0v) is 8.72. The van der Waals surface area contributed by atoms with E-state index in [0.29, 0.717) is 5.92 Å². The van der Waals surface area contributed by atoms with Crippen LogP contribution >= 0.6 is 0 Å². The SMILES string of the molecule is C=CC(=O)NCC1CCC2(CC1)CC2. The first kappa shape index (κ1) is 9.75. The maximum absolute atomic E-state index is 11.0. The van der Waals surface area contributed by atoms with E-state index in [4.69, 9.17) is 0 Å². The van der Waals surface area contributed by atoms with Gasteiger partial charge >= 0.3 is 0 Å². The number of rotatable bonds is 3. The van der Waals surface area contributed by atoms with Crippen LogP contribution in [0.4, 0.5) is 0 Å². The zero-order chi connectivity index (χ0) is 10.0. The first-order valence-corrected chi connectivity index (χ1v) is 5.64. The van der Waals surface area contributed by atoms with Crippen LogP contribution in [-0.4, -0.2) is 12.5 Å². The van der Waals surface area contributed by atoms with Crippen molar-refractivity contribution in [3.63, 3.8) is 0 Å². The van der Waals surface area contributed by atoms with E-state index in [2.05, 4.69) is 11.9 Å². The predicted molar refractivity (Wildman–Crippen MR) is 56.8 cm³/mol. The molecule has 78 valence electrons. The van der Waals surface area contributed by atoms with Crippen molar-refractivity contribution in [2.45, 2.75) is 38.5 Å². The van der Waals surface area contributed by atoms with Gasteiger partial charge in [-0.3, -0.25) is 4.79 Å². The third-order valence-electron chi connectivity index (χ3n) is 3.87. The Bertz CT molecular complexity index is 233. The summed E-state index contributed by atoms with van der Waals surface area (Å²) >= 11 is 0. The molecule has 0 bridgehead atoms. The summed E-state index contributed by atoms with van der Waals surface area (Å²) in [4.78, 5) is 11.0. The van der Waals surface area contributed by atoms with Gasteiger partial charge in [0.15, 0.2) is 0 Å². The summed E-state index contributed by atoms with van der Waals surface area (Å²) in [7, 11) is 0. The van der Waals surface area contributed by atoms with E-state index in [1.165, 1.54) is 44.6 Å². The monoisotopic (exact) mass is 193 g/mol. The van der Waals surface area contributed by atoms with Crippen molar-refractivity contribution in [2.24, 2.45) is 11.3 Å². The highest BCUT2D eigenvalue weighted by molar-refractivity contribution is 5.86. The van der Waals surface area contributed by atoms with Crippen molar-refractivity contribution in [3.05, 3.63) is 12.7 Å². The Hall–Kier alpha value is -0.790. The number of amides is 1. The molecule has 1 amide bonds. The molecular weight excluding hydrogens is 174 g/mol. The van der Waals surface area contributed by atoms with E-state index in [1.54, 1.807) is 0 Å². The lowest BCUT2D eigenvalue weighted by atomic mass is 9.80. The molecule has 0 atom stereocenters. The van der Waals surface area contributed by atoms with Crippen LogP contribution in [0.1, 0.15) is 38.5 Å². The molecule has 2 fully saturated rings. The second kappa shape index (κ2) is 3.76. The Balaban J connectivity index is 1.68. The van der Waals surface area contributed by atoms with E-state index >= 15 is 0 Å². The van der Waals surface area contributed by atoms with Gasteiger partial charge in [-0.15, -0.1) is 0 Å². The van der Waals surface area contributed by atoms with Crippen molar-refractivity contribution in [2.75, 3.05) is 6.54 Å². The molecule has 1 N–H and O–H groups in total. The molecule has 0 aromatic carbocycles. The smallest absolute Gasteiger partial charge is 0.243 e. The molecule has 0 radical (unpaired) electrons. The summed E-state index contributed by atoms with van der Waals surface area (Å²) in [5.74, 6) is 0.682. The molecule has 0 aliphatic heterocycles. The number of carbonyl (C=O) groups is 1. The van der Waals surface area contributed by atoms with Gasteiger partial charge < -0.3 is 5.32 Å². The van der Waals surface area contributed by atoms with Crippen molar-refractivity contribution in [1.29, 1.82) is 0 Å². The highest BCUT2D eigenvalue weighted by Crippen LogP contribution is 2.56. The van der Waals surface area contributed by atoms with Gasteiger partial charge in [-0.05, 0) is 55.9 Å². The van der Waals surface area contributed by atoms with Crippen molar-refractivity contribution in [3.8, 4) is 0 Å². The standard InChI is InChI=1S/C12H19NO/c1-2-11(14)13-9-10-3-5-12(6-4-10)7-8-12/h2,10H,1,3-9H2,(H,13,14). The largest absolute Gasteiger partial charge is 0.352 e. The average molecular weight is 193 g/mol. The van der Waals surface area contributed by atoms with Crippen molar-refractivity contribution >= 4 is 5.91 Å². The number of hydrogen-bond donors (Lipinski definition) is 1. The molecule has 0 aromatic rings. The topological polar surface area (TPSA) is 29.1 Å². The van der Waals surface area contributed by atoms with Crippen LogP contribution in [0.25, 0.3) is 0 Å². The van der Waals surface area contributed by atoms with Crippen LogP contribution in [0.15, 0.2) is 12.7 Å². The molecule has 2 rings (SSSR count). The minimum atomic E-state index is -0.0308. The van der Waals surface area contributed by atoms with Crippen LogP contribution < -0.4 is 5.32 Å². The van der Waals surface area contributed by atoms with Gasteiger partial charge in [0.2, 0.25) is 5.91 Å². The van der Waals surface area contributed by atoms with Gasteiger partial charge in [0.05, 0.1) is 0 Å². The molecule has 0 saturated heterocycles. The lowest BCUT2D eigenvalue weighted by Crippen LogP contribution is -2.30. The third-order valence-corrected chi connectivity index (χ3v) is 3.87. The van der Waals surface area contributed by atoms with Gasteiger partial charge in [-0.1, -0.05) is 6.58 Å². The molecule has 1 spiro atoms. The molecule has 2 aliphatic rings. The molecule has 14 heavy (non-hydrogen) atoms. The summed E-state index contributed by atoms with van der Waals surface area (Å²) in [6.07, 6.45) is 9.65. The Morgan fingerprint density at radius 2 is 2.00 bits per heavy atom. The Morgan fingerprint density at radius 1 is 1.36 bits per heavy atom. The molecular formula is C12H19NO. The highest BCUT2D eigenvalue weighted by Gasteiger charge is 2.44. The molecule has 2 heteroatoms. The second-order valence-corrected chi connectivity index (χ2v) is 4.89. The van der Waals surface area contributed by atoms with Crippen LogP contribution in [0, 0.1) is 11.3 Å². The fourth-order valence-electron chi connectivity index (χ4n) is 2.49. The van der Waals surface area contributed by atoms with Gasteiger partial charge in [0.25, 0.3) is 0 Å². The van der Waals surface area contributed by atoms with Gasteiger partial charge in [-0.2, -0.15) is 0 Å². The lowest BCUT2D eigenvalue weighted by Gasteiger charge is -2.28. The summed E-state index contributed by atoms with van der Waals surface area (Å²) in [6.45, 7) is 4.29. The first-order valence-electron chi connectivity index (χ1n) is 5.64. The molecule has 0 unspecified atom stereocenters. The normalized spacial score (nSPS) is 24.6. The quantitative estimate of drug-likeness (QED) is 0.684. The van der Waals surface area contributed by atoms with Gasteiger partial charge in [0.1, 0.15) is 0 Å². The first-order chi connectivity index (χ1) is 6.74. The van der Waals surface area contributed by atoms with E-state index in [-0.39, 0.29) is 5.91 Å². The fourth-order valence-corrected chi connectivity index (χ4v) is 2.49. The summed E-state index contributed by atoms with van der Waals surface area (Å²) in [5.41, 5.74) is 0.763. The maximum atomic E-state index is 11.0. The second-order valence-electron chi connectivity index (χ2n) is 4.89.